The van der Waals surface area contributed by atoms with Gasteiger partial charge < -0.3 is 21.7 Å². The molecule has 0 aromatic rings. The van der Waals surface area contributed by atoms with Crippen molar-refractivity contribution in [1.82, 2.24) is 0 Å². The predicted molar refractivity (Wildman–Crippen MR) is 71.6 cm³/mol. The van der Waals surface area contributed by atoms with Crippen LogP contribution in [0.25, 0.3) is 0 Å². The van der Waals surface area contributed by atoms with Crippen molar-refractivity contribution < 1.29 is 10.2 Å². The van der Waals surface area contributed by atoms with Crippen LogP contribution >= 0.6 is 24.8 Å². The van der Waals surface area contributed by atoms with Gasteiger partial charge in [0.1, 0.15) is 0 Å². The van der Waals surface area contributed by atoms with Crippen molar-refractivity contribution in [2.45, 2.75) is 38.3 Å². The summed E-state index contributed by atoms with van der Waals surface area (Å²) in [5.41, 5.74) is 11.0. The molecule has 1 unspecified atom stereocenters. The van der Waals surface area contributed by atoms with Gasteiger partial charge in [-0.3, -0.25) is 4.99 Å². The van der Waals surface area contributed by atoms with E-state index in [1.54, 1.807) is 6.92 Å². The van der Waals surface area contributed by atoms with Crippen molar-refractivity contribution in [2.75, 3.05) is 13.2 Å². The van der Waals surface area contributed by atoms with E-state index in [1.165, 1.54) is 0 Å². The highest BCUT2D eigenvalue weighted by Crippen LogP contribution is 2.02. The summed E-state index contributed by atoms with van der Waals surface area (Å²) >= 11 is 0. The van der Waals surface area contributed by atoms with Crippen molar-refractivity contribution in [1.29, 1.82) is 0 Å². The van der Waals surface area contributed by atoms with E-state index < -0.39 is 6.10 Å². The van der Waals surface area contributed by atoms with Crippen LogP contribution < -0.4 is 11.5 Å². The number of aliphatic imine (C=N–C) groups is 1. The third-order valence-corrected chi connectivity index (χ3v) is 1.99. The molecule has 7 heteroatoms. The Kier molecular flexibility index (Phi) is 17.3. The van der Waals surface area contributed by atoms with E-state index in [0.717, 1.165) is 12.8 Å². The van der Waals surface area contributed by atoms with Crippen LogP contribution in [0.4, 0.5) is 0 Å². The molecule has 0 radical (unpaired) electrons. The van der Waals surface area contributed by atoms with Gasteiger partial charge in [0.25, 0.3) is 0 Å². The minimum atomic E-state index is -0.810. The summed E-state index contributed by atoms with van der Waals surface area (Å²) in [5, 5.41) is 17.8. The lowest BCUT2D eigenvalue weighted by Crippen LogP contribution is -2.37. The first-order valence-electron chi connectivity index (χ1n) is 4.89. The zero-order valence-corrected chi connectivity index (χ0v) is 11.1. The number of amidine groups is 1. The maximum Gasteiger partial charge on any atom is 0.0921 e. The van der Waals surface area contributed by atoms with Crippen LogP contribution in [0.15, 0.2) is 4.99 Å². The molecule has 0 amide bonds. The molecule has 0 heterocycles. The first-order chi connectivity index (χ1) is 6.57. The zero-order chi connectivity index (χ0) is 11.0. The molecule has 0 aromatic carbocycles. The third-order valence-electron chi connectivity index (χ3n) is 1.99. The number of halogens is 2. The van der Waals surface area contributed by atoms with Gasteiger partial charge in [-0.25, -0.2) is 0 Å². The maximum absolute atomic E-state index is 9.15. The number of unbranched alkanes of at least 4 members (excludes halogenated alkanes) is 1. The standard InChI is InChI=1S/C9H21N3O2.2ClH/c1-7(10)12-5-3-2-4-8(11)9(14)6-13;;/h8-9,13-14H,2-6,11H2,1H3,(H2,10,12);2*1H/t8-,9?;;/m0../s1. The van der Waals surface area contributed by atoms with Gasteiger partial charge in [-0.15, -0.1) is 24.8 Å². The molecule has 0 spiro atoms. The maximum atomic E-state index is 9.15. The highest BCUT2D eigenvalue weighted by Gasteiger charge is 2.12. The fourth-order valence-corrected chi connectivity index (χ4v) is 1.08. The number of rotatable bonds is 7. The quantitative estimate of drug-likeness (QED) is 0.300. The zero-order valence-electron chi connectivity index (χ0n) is 9.50. The van der Waals surface area contributed by atoms with Crippen LogP contribution in [0.5, 0.6) is 0 Å². The number of hydrogen-bond acceptors (Lipinski definition) is 4. The van der Waals surface area contributed by atoms with Crippen LogP contribution in [0.3, 0.4) is 0 Å². The molecule has 0 fully saturated rings. The van der Waals surface area contributed by atoms with Crippen molar-refractivity contribution in [3.63, 3.8) is 0 Å². The van der Waals surface area contributed by atoms with Crippen LogP contribution in [0, 0.1) is 0 Å². The lowest BCUT2D eigenvalue weighted by molar-refractivity contribution is 0.0712. The minimum Gasteiger partial charge on any atom is -0.394 e. The van der Waals surface area contributed by atoms with Crippen LogP contribution in [0.2, 0.25) is 0 Å². The molecule has 0 aliphatic rings. The van der Waals surface area contributed by atoms with Crippen molar-refractivity contribution in [3.8, 4) is 0 Å². The average Bonchev–Trinajstić information content (AvgIpc) is 2.15. The fourth-order valence-electron chi connectivity index (χ4n) is 1.08. The fraction of sp³-hybridized carbons (Fsp3) is 0.889. The molecule has 6 N–H and O–H groups in total. The first-order valence-corrected chi connectivity index (χ1v) is 4.89. The van der Waals surface area contributed by atoms with Crippen molar-refractivity contribution >= 4 is 30.6 Å². The number of aliphatic hydroxyl groups is 2. The summed E-state index contributed by atoms with van der Waals surface area (Å²) in [6.45, 7) is 2.17. The van der Waals surface area contributed by atoms with Gasteiger partial charge in [0.2, 0.25) is 0 Å². The lowest BCUT2D eigenvalue weighted by Gasteiger charge is -2.15. The third kappa shape index (κ3) is 12.0. The van der Waals surface area contributed by atoms with E-state index in [0.29, 0.717) is 18.8 Å². The highest BCUT2D eigenvalue weighted by atomic mass is 35.5. The second-order valence-electron chi connectivity index (χ2n) is 3.43. The Morgan fingerprint density at radius 2 is 1.88 bits per heavy atom. The molecule has 2 atom stereocenters. The summed E-state index contributed by atoms with van der Waals surface area (Å²) in [6, 6.07) is -0.344. The summed E-state index contributed by atoms with van der Waals surface area (Å²) < 4.78 is 0. The Morgan fingerprint density at radius 1 is 1.31 bits per heavy atom. The number of aliphatic hydroxyl groups excluding tert-OH is 2. The van der Waals surface area contributed by atoms with Gasteiger partial charge in [0.05, 0.1) is 18.5 Å². The molecule has 16 heavy (non-hydrogen) atoms. The average molecular weight is 276 g/mol. The van der Waals surface area contributed by atoms with Gasteiger partial charge in [0, 0.05) is 12.6 Å². The van der Waals surface area contributed by atoms with Crippen molar-refractivity contribution in [3.05, 3.63) is 0 Å². The highest BCUT2D eigenvalue weighted by molar-refractivity contribution is 5.85. The second kappa shape index (κ2) is 13.0. The van der Waals surface area contributed by atoms with E-state index in [4.69, 9.17) is 21.7 Å². The Labute approximate surface area is 109 Å². The Hall–Kier alpha value is -0.0700. The molecular formula is C9H23Cl2N3O2. The van der Waals surface area contributed by atoms with Crippen molar-refractivity contribution in [2.24, 2.45) is 16.5 Å². The van der Waals surface area contributed by atoms with Gasteiger partial charge in [0.15, 0.2) is 0 Å². The lowest BCUT2D eigenvalue weighted by atomic mass is 10.1. The van der Waals surface area contributed by atoms with E-state index in [1.807, 2.05) is 0 Å². The Balaban J connectivity index is -0.000000845. The van der Waals surface area contributed by atoms with Gasteiger partial charge in [-0.05, 0) is 26.2 Å². The summed E-state index contributed by atoms with van der Waals surface area (Å²) in [6.07, 6.45) is 1.67. The molecule has 0 aliphatic carbocycles. The summed E-state index contributed by atoms with van der Waals surface area (Å²) in [4.78, 5) is 4.03. The number of hydrogen-bond donors (Lipinski definition) is 4. The molecule has 5 nitrogen and oxygen atoms in total. The smallest absolute Gasteiger partial charge is 0.0921 e. The summed E-state index contributed by atoms with van der Waals surface area (Å²) in [7, 11) is 0. The molecule has 0 rings (SSSR count). The van der Waals surface area contributed by atoms with Crippen LogP contribution in [0.1, 0.15) is 26.2 Å². The first kappa shape index (κ1) is 21.2. The SMILES string of the molecule is CC(N)=NCCCC[C@H](N)C(O)CO.Cl.Cl. The van der Waals surface area contributed by atoms with E-state index >= 15 is 0 Å². The molecule has 0 saturated heterocycles. The van der Waals surface area contributed by atoms with Crippen LogP contribution in [-0.4, -0.2) is 41.3 Å². The minimum absolute atomic E-state index is 0. The number of nitrogens with two attached hydrogens (primary N) is 2. The van der Waals surface area contributed by atoms with Gasteiger partial charge in [-0.1, -0.05) is 0 Å². The topological polar surface area (TPSA) is 105 Å². The summed E-state index contributed by atoms with van der Waals surface area (Å²) in [5.74, 6) is 0.588. The molecular weight excluding hydrogens is 253 g/mol. The van der Waals surface area contributed by atoms with E-state index in [9.17, 15) is 0 Å². The molecule has 0 aliphatic heterocycles. The Morgan fingerprint density at radius 3 is 2.31 bits per heavy atom. The second-order valence-corrected chi connectivity index (χ2v) is 3.43. The molecule has 0 bridgehead atoms. The monoisotopic (exact) mass is 275 g/mol. The van der Waals surface area contributed by atoms with Gasteiger partial charge in [-0.2, -0.15) is 0 Å². The molecule has 0 aromatic heterocycles. The van der Waals surface area contributed by atoms with E-state index in [2.05, 4.69) is 4.99 Å². The van der Waals surface area contributed by atoms with E-state index in [-0.39, 0.29) is 37.5 Å². The molecule has 0 saturated carbocycles. The largest absolute Gasteiger partial charge is 0.394 e. The number of nitrogens with zero attached hydrogens (tertiary/aromatic N) is 1. The van der Waals surface area contributed by atoms with Gasteiger partial charge >= 0.3 is 0 Å². The Bertz CT molecular complexity index is 178. The normalized spacial score (nSPS) is 14.6. The predicted octanol–water partition coefficient (Wildman–Crippen LogP) is 0.0579. The molecule has 100 valence electrons. The van der Waals surface area contributed by atoms with Crippen LogP contribution in [-0.2, 0) is 0 Å².